The van der Waals surface area contributed by atoms with Crippen LogP contribution >= 0.6 is 11.6 Å². The Kier molecular flexibility index (Phi) is 4.58. The summed E-state index contributed by atoms with van der Waals surface area (Å²) in [6.45, 7) is 2.64. The molecule has 1 aromatic heterocycles. The van der Waals surface area contributed by atoms with Crippen LogP contribution in [0.25, 0.3) is 0 Å². The molecule has 0 aliphatic carbocycles. The van der Waals surface area contributed by atoms with E-state index in [0.29, 0.717) is 11.7 Å². The highest BCUT2D eigenvalue weighted by Gasteiger charge is 2.31. The second kappa shape index (κ2) is 6.64. The van der Waals surface area contributed by atoms with Gasteiger partial charge in [0.25, 0.3) is 0 Å². The standard InChI is InChI=1S/C15H16ClFN4O2/c1-9-18-15(23-20-9)13-3-2-6-21(13)8-14(22)19-12-5-4-10(16)7-11(12)17/h4-5,7,13H,2-3,6,8H2,1H3,(H,19,22)/t13-/m0/s1. The van der Waals surface area contributed by atoms with E-state index in [2.05, 4.69) is 15.5 Å². The molecule has 2 heterocycles. The van der Waals surface area contributed by atoms with E-state index in [0.717, 1.165) is 25.5 Å². The highest BCUT2D eigenvalue weighted by molar-refractivity contribution is 6.30. The van der Waals surface area contributed by atoms with Gasteiger partial charge in [-0.15, -0.1) is 0 Å². The van der Waals surface area contributed by atoms with Crippen molar-refractivity contribution in [1.82, 2.24) is 15.0 Å². The van der Waals surface area contributed by atoms with E-state index in [-0.39, 0.29) is 29.2 Å². The van der Waals surface area contributed by atoms with Crippen molar-refractivity contribution >= 4 is 23.2 Å². The van der Waals surface area contributed by atoms with Crippen LogP contribution in [0.15, 0.2) is 22.7 Å². The van der Waals surface area contributed by atoms with Crippen LogP contribution in [0.5, 0.6) is 0 Å². The lowest BCUT2D eigenvalue weighted by Gasteiger charge is -2.20. The van der Waals surface area contributed by atoms with Crippen molar-refractivity contribution in [2.24, 2.45) is 0 Å². The maximum Gasteiger partial charge on any atom is 0.243 e. The molecule has 0 bridgehead atoms. The van der Waals surface area contributed by atoms with Gasteiger partial charge in [0.05, 0.1) is 18.3 Å². The summed E-state index contributed by atoms with van der Waals surface area (Å²) in [4.78, 5) is 18.4. The van der Waals surface area contributed by atoms with Crippen molar-refractivity contribution in [1.29, 1.82) is 0 Å². The van der Waals surface area contributed by atoms with E-state index < -0.39 is 5.82 Å². The molecule has 1 N–H and O–H groups in total. The molecule has 6 nitrogen and oxygen atoms in total. The number of nitrogens with one attached hydrogen (secondary N) is 1. The second-order valence-corrected chi connectivity index (χ2v) is 5.92. The molecule has 0 radical (unpaired) electrons. The van der Waals surface area contributed by atoms with Crippen LogP contribution in [0.2, 0.25) is 5.02 Å². The minimum absolute atomic E-state index is 0.0722. The van der Waals surface area contributed by atoms with Crippen LogP contribution in [0, 0.1) is 12.7 Å². The molecule has 0 spiro atoms. The zero-order chi connectivity index (χ0) is 16.4. The Bertz CT molecular complexity index is 721. The first-order valence-corrected chi connectivity index (χ1v) is 7.70. The zero-order valence-corrected chi connectivity index (χ0v) is 13.3. The predicted octanol–water partition coefficient (Wildman–Crippen LogP) is 2.95. The van der Waals surface area contributed by atoms with Gasteiger partial charge in [0, 0.05) is 5.02 Å². The number of aromatic nitrogens is 2. The Balaban J connectivity index is 1.65. The number of nitrogens with zero attached hydrogens (tertiary/aromatic N) is 3. The van der Waals surface area contributed by atoms with Crippen molar-refractivity contribution < 1.29 is 13.7 Å². The fourth-order valence-corrected chi connectivity index (χ4v) is 2.87. The van der Waals surface area contributed by atoms with E-state index >= 15 is 0 Å². The SMILES string of the molecule is Cc1noc([C@@H]2CCCN2CC(=O)Nc2ccc(Cl)cc2F)n1. The number of carbonyl (C=O) groups excluding carboxylic acids is 1. The fraction of sp³-hybridized carbons (Fsp3) is 0.400. The normalized spacial score (nSPS) is 18.3. The van der Waals surface area contributed by atoms with Crippen LogP contribution in [-0.2, 0) is 4.79 Å². The molecule has 8 heteroatoms. The highest BCUT2D eigenvalue weighted by atomic mass is 35.5. The Morgan fingerprint density at radius 1 is 1.57 bits per heavy atom. The van der Waals surface area contributed by atoms with Crippen molar-refractivity contribution in [2.45, 2.75) is 25.8 Å². The summed E-state index contributed by atoms with van der Waals surface area (Å²) in [5.41, 5.74) is 0.115. The predicted molar refractivity (Wildman–Crippen MR) is 82.6 cm³/mol. The molecular formula is C15H16ClFN4O2. The van der Waals surface area contributed by atoms with Gasteiger partial charge in [0.15, 0.2) is 5.82 Å². The molecule has 1 saturated heterocycles. The lowest BCUT2D eigenvalue weighted by Crippen LogP contribution is -2.33. The monoisotopic (exact) mass is 338 g/mol. The first kappa shape index (κ1) is 15.9. The van der Waals surface area contributed by atoms with Gasteiger partial charge in [-0.25, -0.2) is 4.39 Å². The van der Waals surface area contributed by atoms with Crippen LogP contribution in [0.1, 0.15) is 30.6 Å². The molecule has 0 unspecified atom stereocenters. The van der Waals surface area contributed by atoms with Crippen LogP contribution in [0.3, 0.4) is 0 Å². The Hall–Kier alpha value is -1.99. The van der Waals surface area contributed by atoms with E-state index in [9.17, 15) is 9.18 Å². The molecular weight excluding hydrogens is 323 g/mol. The van der Waals surface area contributed by atoms with Gasteiger partial charge in [-0.2, -0.15) is 4.98 Å². The number of benzene rings is 1. The fourth-order valence-electron chi connectivity index (χ4n) is 2.71. The minimum atomic E-state index is -0.559. The number of aryl methyl sites for hydroxylation is 1. The summed E-state index contributed by atoms with van der Waals surface area (Å²) in [5, 5.41) is 6.63. The summed E-state index contributed by atoms with van der Waals surface area (Å²) in [5.74, 6) is 0.232. The van der Waals surface area contributed by atoms with Crippen molar-refractivity contribution in [3.63, 3.8) is 0 Å². The Morgan fingerprint density at radius 3 is 3.09 bits per heavy atom. The summed E-state index contributed by atoms with van der Waals surface area (Å²) < 4.78 is 18.9. The summed E-state index contributed by atoms with van der Waals surface area (Å²) in [6.07, 6.45) is 1.79. The Morgan fingerprint density at radius 2 is 2.39 bits per heavy atom. The van der Waals surface area contributed by atoms with Gasteiger partial charge >= 0.3 is 0 Å². The molecule has 1 aromatic carbocycles. The molecule has 1 atom stereocenters. The quantitative estimate of drug-likeness (QED) is 0.928. The third kappa shape index (κ3) is 3.68. The topological polar surface area (TPSA) is 71.3 Å². The Labute approximate surface area is 137 Å². The smallest absolute Gasteiger partial charge is 0.243 e. The average molecular weight is 339 g/mol. The first-order chi connectivity index (χ1) is 11.0. The number of hydrogen-bond donors (Lipinski definition) is 1. The first-order valence-electron chi connectivity index (χ1n) is 7.32. The summed E-state index contributed by atoms with van der Waals surface area (Å²) in [6, 6.07) is 4.06. The van der Waals surface area contributed by atoms with Gasteiger partial charge in [-0.3, -0.25) is 9.69 Å². The maximum atomic E-state index is 13.7. The molecule has 1 fully saturated rings. The lowest BCUT2D eigenvalue weighted by molar-refractivity contribution is -0.117. The molecule has 1 amide bonds. The molecule has 122 valence electrons. The third-order valence-electron chi connectivity index (χ3n) is 3.74. The van der Waals surface area contributed by atoms with Gasteiger partial charge in [0.1, 0.15) is 5.82 Å². The molecule has 2 aromatic rings. The van der Waals surface area contributed by atoms with E-state index in [1.807, 2.05) is 4.90 Å². The van der Waals surface area contributed by atoms with Gasteiger partial charge < -0.3 is 9.84 Å². The van der Waals surface area contributed by atoms with E-state index in [1.165, 1.54) is 12.1 Å². The summed E-state index contributed by atoms with van der Waals surface area (Å²) >= 11 is 5.70. The zero-order valence-electron chi connectivity index (χ0n) is 12.6. The highest BCUT2D eigenvalue weighted by Crippen LogP contribution is 2.30. The van der Waals surface area contributed by atoms with Crippen LogP contribution in [0.4, 0.5) is 10.1 Å². The number of amides is 1. The number of likely N-dealkylation sites (tertiary alicyclic amines) is 1. The van der Waals surface area contributed by atoms with Crippen molar-refractivity contribution in [3.05, 3.63) is 40.8 Å². The summed E-state index contributed by atoms with van der Waals surface area (Å²) in [7, 11) is 0. The van der Waals surface area contributed by atoms with Crippen LogP contribution in [-0.4, -0.2) is 34.0 Å². The molecule has 3 rings (SSSR count). The minimum Gasteiger partial charge on any atom is -0.338 e. The van der Waals surface area contributed by atoms with Gasteiger partial charge in [-0.1, -0.05) is 16.8 Å². The molecule has 1 aliphatic heterocycles. The molecule has 0 saturated carbocycles. The molecule has 23 heavy (non-hydrogen) atoms. The van der Waals surface area contributed by atoms with E-state index in [4.69, 9.17) is 16.1 Å². The van der Waals surface area contributed by atoms with E-state index in [1.54, 1.807) is 6.92 Å². The number of carbonyl (C=O) groups is 1. The lowest BCUT2D eigenvalue weighted by atomic mass is 10.2. The third-order valence-corrected chi connectivity index (χ3v) is 3.98. The average Bonchev–Trinajstić information content (AvgIpc) is 3.10. The molecule has 1 aliphatic rings. The van der Waals surface area contributed by atoms with Gasteiger partial charge in [-0.05, 0) is 44.5 Å². The van der Waals surface area contributed by atoms with Crippen molar-refractivity contribution in [3.8, 4) is 0 Å². The maximum absolute atomic E-state index is 13.7. The number of halogens is 2. The number of rotatable bonds is 4. The largest absolute Gasteiger partial charge is 0.338 e. The number of hydrogen-bond acceptors (Lipinski definition) is 5. The number of anilines is 1. The van der Waals surface area contributed by atoms with Crippen molar-refractivity contribution in [2.75, 3.05) is 18.4 Å². The van der Waals surface area contributed by atoms with Gasteiger partial charge in [0.2, 0.25) is 11.8 Å². The van der Waals surface area contributed by atoms with Crippen LogP contribution < -0.4 is 5.32 Å². The second-order valence-electron chi connectivity index (χ2n) is 5.48.